The van der Waals surface area contributed by atoms with E-state index in [-0.39, 0.29) is 42.3 Å². The number of imide groups is 1. The Kier molecular flexibility index (Phi) is 13.6. The minimum absolute atomic E-state index is 0.0885. The molecule has 3 N–H and O–H groups in total. The highest BCUT2D eigenvalue weighted by molar-refractivity contribution is 6.06. The number of methoxy groups -OCH3 is 1. The largest absolute Gasteiger partial charge is 0.495 e. The van der Waals surface area contributed by atoms with E-state index in [0.29, 0.717) is 62.3 Å². The number of carbonyl (C=O) groups excluding carboxylic acids is 4. The van der Waals surface area contributed by atoms with Crippen molar-refractivity contribution < 1.29 is 28.7 Å². The minimum Gasteiger partial charge on any atom is -0.495 e. The van der Waals surface area contributed by atoms with E-state index in [1.54, 1.807) is 29.2 Å². The topological polar surface area (TPSA) is 189 Å². The summed E-state index contributed by atoms with van der Waals surface area (Å²) in [5, 5.41) is 18.5. The van der Waals surface area contributed by atoms with Crippen LogP contribution in [0.25, 0.3) is 11.3 Å². The summed E-state index contributed by atoms with van der Waals surface area (Å²) in [6.45, 7) is 4.40. The molecule has 2 aromatic heterocycles. The van der Waals surface area contributed by atoms with E-state index in [0.717, 1.165) is 104 Å². The van der Waals surface area contributed by atoms with Crippen LogP contribution in [0.5, 0.6) is 5.75 Å². The predicted molar refractivity (Wildman–Crippen MR) is 248 cm³/mol. The van der Waals surface area contributed by atoms with Crippen LogP contribution in [0.1, 0.15) is 118 Å². The van der Waals surface area contributed by atoms with Crippen molar-refractivity contribution in [3.8, 4) is 28.8 Å². The van der Waals surface area contributed by atoms with E-state index in [4.69, 9.17) is 14.5 Å². The van der Waals surface area contributed by atoms with Gasteiger partial charge in [-0.1, -0.05) is 49.0 Å². The zero-order chi connectivity index (χ0) is 45.7. The minimum atomic E-state index is -0.642. The Morgan fingerprint density at radius 1 is 0.970 bits per heavy atom. The van der Waals surface area contributed by atoms with E-state index in [9.17, 15) is 19.2 Å². The predicted octanol–water partition coefficient (Wildman–Crippen LogP) is 5.67. The summed E-state index contributed by atoms with van der Waals surface area (Å²) >= 11 is 0. The molecule has 5 aliphatic rings. The Balaban J connectivity index is 0.707. The van der Waals surface area contributed by atoms with Gasteiger partial charge >= 0.3 is 0 Å². The number of hydrogen-bond acceptors (Lipinski definition) is 13. The highest BCUT2D eigenvalue weighted by Gasteiger charge is 2.42. The standard InChI is InChI=1S/C49H59N11O6/c1-4-40-48(64)57(2)42-28-51-49(54-45(42)60(40)35-13-7-8-14-35)52-38-21-16-32(27-43(38)65-3)39-30-59(56-55-39)34-19-17-33(18-20-34)50-24-26-66-25-9-5-6-11-31-12-10-15-36-37(31)29-58(47(36)63)41-22-23-44(61)53-46(41)62/h10,12,15-16,21,27-28,30,33-35,40-41,50H,4-5,7-9,13-14,17-20,22-26,29H2,1-3H3,(H,51,52,54)(H,53,61,62)/t33-,34+,40-,41?/m1/s1. The number of ether oxygens (including phenoxy) is 2. The molecule has 4 aromatic rings. The van der Waals surface area contributed by atoms with Gasteiger partial charge in [0.1, 0.15) is 29.2 Å². The highest BCUT2D eigenvalue weighted by Crippen LogP contribution is 2.41. The van der Waals surface area contributed by atoms with E-state index in [1.165, 1.54) is 0 Å². The third-order valence-electron chi connectivity index (χ3n) is 13.8. The van der Waals surface area contributed by atoms with Crippen molar-refractivity contribution in [2.75, 3.05) is 49.0 Å². The number of nitrogens with one attached hydrogen (secondary N) is 3. The van der Waals surface area contributed by atoms with Gasteiger partial charge in [-0.05, 0) is 87.6 Å². The van der Waals surface area contributed by atoms with Crippen LogP contribution in [0.15, 0.2) is 48.8 Å². The Morgan fingerprint density at radius 3 is 2.59 bits per heavy atom. The molecular weight excluding hydrogens is 839 g/mol. The molecule has 2 aliphatic carbocycles. The zero-order valence-corrected chi connectivity index (χ0v) is 38.1. The van der Waals surface area contributed by atoms with Gasteiger partial charge in [0.2, 0.25) is 23.7 Å². The Hall–Kier alpha value is -6.38. The molecule has 0 radical (unpaired) electrons. The smallest absolute Gasteiger partial charge is 0.255 e. The molecule has 4 amide bonds. The molecule has 17 heteroatoms. The second-order valence-corrected chi connectivity index (χ2v) is 17.9. The van der Waals surface area contributed by atoms with Crippen LogP contribution in [0.3, 0.4) is 0 Å². The normalized spacial score (nSPS) is 22.0. The molecule has 2 saturated carbocycles. The maximum atomic E-state index is 13.3. The number of amides is 4. The molecule has 9 rings (SSSR count). The molecule has 0 bridgehead atoms. The number of anilines is 4. The van der Waals surface area contributed by atoms with Crippen molar-refractivity contribution in [3.05, 3.63) is 65.5 Å². The van der Waals surface area contributed by atoms with Gasteiger partial charge in [0.05, 0.1) is 37.8 Å². The highest BCUT2D eigenvalue weighted by atomic mass is 16.5. The van der Waals surface area contributed by atoms with E-state index in [2.05, 4.69) is 54.9 Å². The van der Waals surface area contributed by atoms with E-state index >= 15 is 0 Å². The van der Waals surface area contributed by atoms with Gasteiger partial charge in [-0.15, -0.1) is 5.10 Å². The second-order valence-electron chi connectivity index (χ2n) is 17.9. The molecule has 3 fully saturated rings. The van der Waals surface area contributed by atoms with Crippen LogP contribution in [0, 0.1) is 11.8 Å². The fourth-order valence-electron chi connectivity index (χ4n) is 10.2. The molecule has 66 heavy (non-hydrogen) atoms. The third-order valence-corrected chi connectivity index (χ3v) is 13.8. The Bertz CT molecular complexity index is 2520. The van der Waals surface area contributed by atoms with Gasteiger partial charge < -0.3 is 34.8 Å². The maximum Gasteiger partial charge on any atom is 0.255 e. The van der Waals surface area contributed by atoms with E-state index in [1.807, 2.05) is 48.3 Å². The van der Waals surface area contributed by atoms with Gasteiger partial charge in [0.25, 0.3) is 5.91 Å². The van der Waals surface area contributed by atoms with Crippen molar-refractivity contribution in [1.29, 1.82) is 0 Å². The molecule has 17 nitrogen and oxygen atoms in total. The average molecular weight is 898 g/mol. The number of unbranched alkanes of at least 4 members (excludes halogenated alkanes) is 1. The van der Waals surface area contributed by atoms with Crippen molar-refractivity contribution >= 4 is 46.8 Å². The Labute approximate surface area is 385 Å². The molecule has 1 unspecified atom stereocenters. The fraction of sp³-hybridized carbons (Fsp3) is 0.510. The molecule has 0 spiro atoms. The van der Waals surface area contributed by atoms with Crippen molar-refractivity contribution in [1.82, 2.24) is 40.5 Å². The first-order chi connectivity index (χ1) is 32.2. The summed E-state index contributed by atoms with van der Waals surface area (Å²) in [5.74, 6) is 7.51. The van der Waals surface area contributed by atoms with Crippen molar-refractivity contribution in [3.63, 3.8) is 0 Å². The number of likely N-dealkylation sites (N-methyl/N-ethyl adjacent to an activating group) is 1. The lowest BCUT2D eigenvalue weighted by Gasteiger charge is -2.43. The number of fused-ring (bicyclic) bond motifs is 2. The molecular formula is C49H59N11O6. The SMILES string of the molecule is CC[C@@H]1C(=O)N(C)c2cnc(Nc3ccc(-c4cn([C@H]5CC[C@@H](NCCOCCCC#Cc6cccc7c6CN(C6CCC(=O)NC6=O)C7=O)CC5)nn4)cc3OC)nc2N1C1CCCC1. The summed E-state index contributed by atoms with van der Waals surface area (Å²) < 4.78 is 13.7. The fourth-order valence-corrected chi connectivity index (χ4v) is 10.2. The number of nitrogens with zero attached hydrogens (tertiary/aromatic N) is 8. The number of rotatable bonds is 15. The number of carbonyl (C=O) groups is 4. The zero-order valence-electron chi connectivity index (χ0n) is 38.1. The molecule has 2 aromatic carbocycles. The summed E-state index contributed by atoms with van der Waals surface area (Å²) in [6.07, 6.45) is 15.0. The van der Waals surface area contributed by atoms with Gasteiger partial charge in [0, 0.05) is 68.4 Å². The number of benzene rings is 2. The van der Waals surface area contributed by atoms with Crippen molar-refractivity contribution in [2.45, 2.75) is 127 Å². The van der Waals surface area contributed by atoms with E-state index < -0.39 is 11.9 Å². The van der Waals surface area contributed by atoms with Crippen LogP contribution in [0.2, 0.25) is 0 Å². The lowest BCUT2D eigenvalue weighted by molar-refractivity contribution is -0.137. The van der Waals surface area contributed by atoms with Gasteiger partial charge in [-0.25, -0.2) is 9.67 Å². The lowest BCUT2D eigenvalue weighted by Crippen LogP contribution is -2.55. The molecule has 346 valence electrons. The second kappa shape index (κ2) is 20.0. The summed E-state index contributed by atoms with van der Waals surface area (Å²) in [5.41, 5.74) is 5.33. The molecule has 3 aliphatic heterocycles. The summed E-state index contributed by atoms with van der Waals surface area (Å²) in [7, 11) is 3.45. The van der Waals surface area contributed by atoms with Gasteiger partial charge in [-0.2, -0.15) is 4.98 Å². The van der Waals surface area contributed by atoms with Crippen LogP contribution >= 0.6 is 0 Å². The number of aromatic nitrogens is 5. The van der Waals surface area contributed by atoms with Crippen LogP contribution in [0.4, 0.5) is 23.1 Å². The van der Waals surface area contributed by atoms with Crippen LogP contribution in [-0.2, 0) is 25.7 Å². The third kappa shape index (κ3) is 9.34. The van der Waals surface area contributed by atoms with Gasteiger partial charge in [0.15, 0.2) is 5.82 Å². The molecule has 2 atom stereocenters. The van der Waals surface area contributed by atoms with Gasteiger partial charge in [-0.3, -0.25) is 24.5 Å². The monoisotopic (exact) mass is 897 g/mol. The van der Waals surface area contributed by atoms with Crippen molar-refractivity contribution in [2.24, 2.45) is 0 Å². The summed E-state index contributed by atoms with van der Waals surface area (Å²) in [6, 6.07) is 11.5. The first-order valence-electron chi connectivity index (χ1n) is 23.6. The number of piperidine rings is 1. The maximum absolute atomic E-state index is 13.3. The molecule has 5 heterocycles. The average Bonchev–Trinajstić information content (AvgIpc) is 4.12. The quantitative estimate of drug-likeness (QED) is 0.0753. The van der Waals surface area contributed by atoms with Crippen LogP contribution in [-0.4, -0.2) is 112 Å². The van der Waals surface area contributed by atoms with Crippen LogP contribution < -0.4 is 30.5 Å². The Morgan fingerprint density at radius 2 is 1.80 bits per heavy atom. The first kappa shape index (κ1) is 44.8. The molecule has 1 saturated heterocycles. The first-order valence-corrected chi connectivity index (χ1v) is 23.6. The summed E-state index contributed by atoms with van der Waals surface area (Å²) in [4.78, 5) is 65.6. The number of hydrogen-bond donors (Lipinski definition) is 3. The lowest BCUT2D eigenvalue weighted by atomic mass is 9.91.